The number of aliphatic carboxylic acids is 2. The zero-order valence-electron chi connectivity index (χ0n) is 22.6. The van der Waals surface area contributed by atoms with Gasteiger partial charge >= 0.3 is 30.5 Å². The van der Waals surface area contributed by atoms with E-state index in [2.05, 4.69) is 20.3 Å². The number of carboxylic acid groups (broad SMARTS) is 2. The van der Waals surface area contributed by atoms with E-state index in [1.54, 1.807) is 23.2 Å². The van der Waals surface area contributed by atoms with Crippen LogP contribution in [0.4, 0.5) is 45.3 Å². The number of carbonyl (C=O) groups is 3. The Labute approximate surface area is 247 Å². The monoisotopic (exact) mass is 665 g/mol. The Morgan fingerprint density at radius 3 is 2.16 bits per heavy atom. The predicted octanol–water partition coefficient (Wildman–Crippen LogP) is 3.34. The van der Waals surface area contributed by atoms with Crippen molar-refractivity contribution in [2.45, 2.75) is 43.1 Å². The first-order valence-corrected chi connectivity index (χ1v) is 12.4. The molecule has 2 saturated heterocycles. The fraction of sp³-hybridized carbons (Fsp3) is 0.500. The minimum absolute atomic E-state index is 0.184. The minimum atomic E-state index is -5.08. The molecule has 0 aromatic carbocycles. The topological polar surface area (TPSA) is 164 Å². The summed E-state index contributed by atoms with van der Waals surface area (Å²) < 4.78 is 114. The van der Waals surface area contributed by atoms with Crippen LogP contribution in [0.1, 0.15) is 29.0 Å². The molecule has 45 heavy (non-hydrogen) atoms. The van der Waals surface area contributed by atoms with Crippen molar-refractivity contribution in [1.82, 2.24) is 20.3 Å². The van der Waals surface area contributed by atoms with Crippen LogP contribution in [0.25, 0.3) is 0 Å². The molecular formula is C24H24F9N5O7. The molecule has 0 radical (unpaired) electrons. The second-order valence-corrected chi connectivity index (χ2v) is 9.23. The lowest BCUT2D eigenvalue weighted by atomic mass is 10.00. The minimum Gasteiger partial charge on any atom is -0.475 e. The molecule has 2 atom stereocenters. The number of carbonyl (C=O) groups excluding carboxylic acids is 1. The molecule has 0 bridgehead atoms. The van der Waals surface area contributed by atoms with Crippen molar-refractivity contribution in [1.29, 1.82) is 0 Å². The van der Waals surface area contributed by atoms with Crippen LogP contribution in [0.5, 0.6) is 0 Å². The molecule has 4 rings (SSSR count). The molecule has 2 aliphatic rings. The Balaban J connectivity index is 0.000000421. The largest absolute Gasteiger partial charge is 0.490 e. The van der Waals surface area contributed by atoms with Gasteiger partial charge in [-0.25, -0.2) is 19.6 Å². The van der Waals surface area contributed by atoms with Crippen molar-refractivity contribution >= 4 is 23.7 Å². The first-order chi connectivity index (χ1) is 20.7. The fourth-order valence-electron chi connectivity index (χ4n) is 3.83. The molecule has 1 spiro atoms. The van der Waals surface area contributed by atoms with E-state index >= 15 is 0 Å². The lowest BCUT2D eigenvalue weighted by molar-refractivity contribution is -0.193. The number of rotatable bonds is 4. The number of alkyl halides is 9. The third-order valence-corrected chi connectivity index (χ3v) is 5.81. The van der Waals surface area contributed by atoms with Crippen LogP contribution in [0.3, 0.4) is 0 Å². The summed E-state index contributed by atoms with van der Waals surface area (Å²) in [6.07, 6.45) is -9.46. The number of pyridine rings is 1. The smallest absolute Gasteiger partial charge is 0.475 e. The molecule has 3 N–H and O–H groups in total. The zero-order valence-corrected chi connectivity index (χ0v) is 22.6. The van der Waals surface area contributed by atoms with Crippen LogP contribution in [-0.2, 0) is 25.2 Å². The average molecular weight is 665 g/mol. The van der Waals surface area contributed by atoms with E-state index in [1.165, 1.54) is 12.3 Å². The van der Waals surface area contributed by atoms with Crippen LogP contribution in [-0.4, -0.2) is 99.9 Å². The van der Waals surface area contributed by atoms with Crippen molar-refractivity contribution < 1.29 is 73.6 Å². The Bertz CT molecular complexity index is 1270. The number of anilines is 1. The normalized spacial score (nSPS) is 20.2. The number of nitrogens with one attached hydrogen (secondary N) is 1. The first kappa shape index (κ1) is 36.9. The molecule has 0 aliphatic carbocycles. The van der Waals surface area contributed by atoms with E-state index in [0.717, 1.165) is 6.20 Å². The summed E-state index contributed by atoms with van der Waals surface area (Å²) >= 11 is 0. The van der Waals surface area contributed by atoms with Gasteiger partial charge in [-0.05, 0) is 31.0 Å². The highest BCUT2D eigenvalue weighted by Gasteiger charge is 2.44. The number of nitrogens with zero attached hydrogens (tertiary/aromatic N) is 4. The maximum absolute atomic E-state index is 13.0. The molecule has 4 heterocycles. The number of aromatic nitrogens is 3. The number of amides is 1. The van der Waals surface area contributed by atoms with Crippen molar-refractivity contribution in [2.24, 2.45) is 0 Å². The van der Waals surface area contributed by atoms with E-state index in [-0.39, 0.29) is 17.8 Å². The molecule has 2 aromatic heterocycles. The molecule has 0 saturated carbocycles. The number of hydrogen-bond donors (Lipinski definition) is 3. The van der Waals surface area contributed by atoms with Crippen molar-refractivity contribution in [3.8, 4) is 0 Å². The summed E-state index contributed by atoms with van der Waals surface area (Å²) in [6, 6.07) is 4.81. The van der Waals surface area contributed by atoms with E-state index in [1.807, 2.05) is 0 Å². The highest BCUT2D eigenvalue weighted by molar-refractivity contribution is 5.93. The number of carboxylic acids is 2. The maximum Gasteiger partial charge on any atom is 0.490 e. The Morgan fingerprint density at radius 2 is 1.62 bits per heavy atom. The van der Waals surface area contributed by atoms with Gasteiger partial charge in [0.15, 0.2) is 0 Å². The van der Waals surface area contributed by atoms with Crippen molar-refractivity contribution in [2.75, 3.05) is 37.7 Å². The lowest BCUT2D eigenvalue weighted by Crippen LogP contribution is -2.46. The van der Waals surface area contributed by atoms with Crippen LogP contribution in [0.15, 0.2) is 36.8 Å². The number of halogens is 9. The van der Waals surface area contributed by atoms with Crippen LogP contribution >= 0.6 is 0 Å². The number of ether oxygens (including phenoxy) is 2. The summed E-state index contributed by atoms with van der Waals surface area (Å²) in [5, 5.41) is 17.1. The quantitative estimate of drug-likeness (QED) is 0.411. The molecule has 250 valence electrons. The van der Waals surface area contributed by atoms with Gasteiger partial charge in [0.1, 0.15) is 11.4 Å². The second kappa shape index (κ2) is 15.1. The molecule has 0 unspecified atom stereocenters. The third-order valence-electron chi connectivity index (χ3n) is 5.81. The van der Waals surface area contributed by atoms with Gasteiger partial charge in [0.2, 0.25) is 5.82 Å². The Morgan fingerprint density at radius 1 is 1.00 bits per heavy atom. The summed E-state index contributed by atoms with van der Waals surface area (Å²) in [6.45, 7) is 1.73. The first-order valence-electron chi connectivity index (χ1n) is 12.4. The van der Waals surface area contributed by atoms with E-state index < -0.39 is 41.9 Å². The third kappa shape index (κ3) is 12.0. The maximum atomic E-state index is 13.0. The van der Waals surface area contributed by atoms with E-state index in [4.69, 9.17) is 29.3 Å². The molecule has 2 aromatic rings. The summed E-state index contributed by atoms with van der Waals surface area (Å²) in [4.78, 5) is 42.7. The summed E-state index contributed by atoms with van der Waals surface area (Å²) in [7, 11) is 0. The van der Waals surface area contributed by atoms with E-state index in [0.29, 0.717) is 51.3 Å². The SMILES string of the molecule is O=C(NC[C@H]1CC[C@@]2(COCCN(c3ccnc(C(F)(F)F)n3)C2)O1)c1cccnc1.O=C(O)C(F)(F)F.O=C(O)C(F)(F)F. The zero-order chi connectivity index (χ0) is 34.1. The molecule has 2 fully saturated rings. The Hall–Kier alpha value is -4.27. The van der Waals surface area contributed by atoms with Gasteiger partial charge in [-0.3, -0.25) is 9.78 Å². The molecule has 2 aliphatic heterocycles. The van der Waals surface area contributed by atoms with Gasteiger partial charge in [-0.1, -0.05) is 0 Å². The van der Waals surface area contributed by atoms with E-state index in [9.17, 15) is 44.3 Å². The van der Waals surface area contributed by atoms with Crippen LogP contribution < -0.4 is 10.2 Å². The standard InChI is InChI=1S/C20H22F3N5O3.2C2HF3O2/c21-20(22,23)18-25-7-4-16(27-18)28-8-9-30-13-19(12-28)5-3-15(31-19)11-26-17(29)14-2-1-6-24-10-14;2*3-2(4,5)1(6)7/h1-2,4,6-7,10,15H,3,5,8-9,11-13H2,(H,26,29);2*(H,6,7)/t15-,19-;;/m1../s1. The van der Waals surface area contributed by atoms with Gasteiger partial charge in [-0.2, -0.15) is 39.5 Å². The van der Waals surface area contributed by atoms with Crippen molar-refractivity contribution in [3.05, 3.63) is 48.2 Å². The van der Waals surface area contributed by atoms with Gasteiger partial charge < -0.3 is 29.9 Å². The van der Waals surface area contributed by atoms with Gasteiger partial charge in [0.25, 0.3) is 5.91 Å². The fourth-order valence-corrected chi connectivity index (χ4v) is 3.83. The summed E-state index contributed by atoms with van der Waals surface area (Å²) in [5.74, 6) is -6.74. The highest BCUT2D eigenvalue weighted by Crippen LogP contribution is 2.34. The lowest BCUT2D eigenvalue weighted by Gasteiger charge is -2.32. The Kier molecular flexibility index (Phi) is 12.4. The molecule has 12 nitrogen and oxygen atoms in total. The van der Waals surface area contributed by atoms with Crippen LogP contribution in [0, 0.1) is 0 Å². The highest BCUT2D eigenvalue weighted by atomic mass is 19.4. The van der Waals surface area contributed by atoms with Crippen molar-refractivity contribution in [3.63, 3.8) is 0 Å². The second-order valence-electron chi connectivity index (χ2n) is 9.23. The number of hydrogen-bond acceptors (Lipinski definition) is 9. The predicted molar refractivity (Wildman–Crippen MR) is 131 cm³/mol. The summed E-state index contributed by atoms with van der Waals surface area (Å²) in [5.41, 5.74) is -0.216. The molecular weight excluding hydrogens is 641 g/mol. The van der Waals surface area contributed by atoms with Gasteiger partial charge in [0, 0.05) is 31.7 Å². The van der Waals surface area contributed by atoms with Gasteiger partial charge in [0.05, 0.1) is 31.4 Å². The average Bonchev–Trinajstić information content (AvgIpc) is 3.23. The molecule has 21 heteroatoms. The van der Waals surface area contributed by atoms with Gasteiger partial charge in [-0.15, -0.1) is 0 Å². The molecule has 1 amide bonds. The van der Waals surface area contributed by atoms with Crippen LogP contribution in [0.2, 0.25) is 0 Å².